The Labute approximate surface area is 154 Å². The maximum atomic E-state index is 13.6. The molecule has 138 valence electrons. The number of nitrogens with one attached hydrogen (secondary N) is 2. The zero-order valence-corrected chi connectivity index (χ0v) is 15.4. The van der Waals surface area contributed by atoms with Crippen molar-refractivity contribution < 1.29 is 18.8 Å². The first-order valence-corrected chi connectivity index (χ1v) is 8.99. The highest BCUT2D eigenvalue weighted by Gasteiger charge is 2.46. The Morgan fingerprint density at radius 3 is 2.77 bits per heavy atom. The second-order valence-corrected chi connectivity index (χ2v) is 7.10. The van der Waals surface area contributed by atoms with E-state index in [4.69, 9.17) is 0 Å². The summed E-state index contributed by atoms with van der Waals surface area (Å²) in [5, 5.41) is 4.23. The molecule has 9 heteroatoms. The molecule has 0 saturated carbocycles. The lowest BCUT2D eigenvalue weighted by Crippen LogP contribution is -2.62. The van der Waals surface area contributed by atoms with E-state index in [-0.39, 0.29) is 18.5 Å². The molecule has 0 bridgehead atoms. The fourth-order valence-corrected chi connectivity index (χ4v) is 3.62. The molecule has 0 radical (unpaired) electrons. The predicted octanol–water partition coefficient (Wildman–Crippen LogP) is 2.21. The van der Waals surface area contributed by atoms with Crippen LogP contribution in [0.2, 0.25) is 0 Å². The van der Waals surface area contributed by atoms with Gasteiger partial charge in [-0.15, -0.1) is 0 Å². The molecule has 2 N–H and O–H groups in total. The number of amides is 4. The van der Waals surface area contributed by atoms with Gasteiger partial charge in [0.25, 0.3) is 5.91 Å². The molecule has 3 rings (SSSR count). The van der Waals surface area contributed by atoms with Crippen LogP contribution in [0.15, 0.2) is 29.3 Å². The number of carbonyl (C=O) groups excluding carboxylic acids is 3. The molecule has 0 aliphatic carbocycles. The number of urea groups is 1. The molecule has 1 fully saturated rings. The van der Waals surface area contributed by atoms with Crippen molar-refractivity contribution in [2.75, 3.05) is 11.9 Å². The van der Waals surface area contributed by atoms with E-state index in [0.29, 0.717) is 16.9 Å². The van der Waals surface area contributed by atoms with Crippen LogP contribution >= 0.6 is 11.9 Å². The van der Waals surface area contributed by atoms with Crippen molar-refractivity contribution in [1.82, 2.24) is 14.5 Å². The molecule has 0 spiro atoms. The van der Waals surface area contributed by atoms with Gasteiger partial charge in [-0.05, 0) is 38.5 Å². The van der Waals surface area contributed by atoms with Crippen molar-refractivity contribution in [2.45, 2.75) is 32.9 Å². The summed E-state index contributed by atoms with van der Waals surface area (Å²) >= 11 is 1.20. The fourth-order valence-electron chi connectivity index (χ4n) is 2.81. The van der Waals surface area contributed by atoms with Crippen molar-refractivity contribution in [2.24, 2.45) is 0 Å². The summed E-state index contributed by atoms with van der Waals surface area (Å²) in [6.07, 6.45) is 0. The highest BCUT2D eigenvalue weighted by Crippen LogP contribution is 2.30. The normalized spacial score (nSPS) is 19.7. The minimum Gasteiger partial charge on any atom is -0.324 e. The standard InChI is InChI=1S/C17H19FN4O3S/c1-9(2)22-16(24)15-13(8-26-20-15)21(17(22)25)7-14(23)19-11-5-4-10(3)12(18)6-11/h4-6,8-9,15,20H,7H2,1-3H3,(H,19,23). The molecule has 1 saturated heterocycles. The molecule has 1 atom stereocenters. The first kappa shape index (κ1) is 18.4. The molecule has 0 aromatic heterocycles. The number of nitrogens with zero attached hydrogens (tertiary/aromatic N) is 2. The number of carbonyl (C=O) groups is 3. The van der Waals surface area contributed by atoms with Crippen molar-refractivity contribution in [3.05, 3.63) is 40.7 Å². The second kappa shape index (κ2) is 7.08. The third-order valence-electron chi connectivity index (χ3n) is 4.17. The molecule has 1 aromatic carbocycles. The Morgan fingerprint density at radius 2 is 2.12 bits per heavy atom. The van der Waals surface area contributed by atoms with Gasteiger partial charge in [-0.2, -0.15) is 0 Å². The topological polar surface area (TPSA) is 81.8 Å². The van der Waals surface area contributed by atoms with E-state index >= 15 is 0 Å². The van der Waals surface area contributed by atoms with Crippen LogP contribution in [0.1, 0.15) is 19.4 Å². The van der Waals surface area contributed by atoms with Gasteiger partial charge in [0.05, 0.1) is 5.70 Å². The van der Waals surface area contributed by atoms with Crippen LogP contribution in [0, 0.1) is 12.7 Å². The van der Waals surface area contributed by atoms with E-state index in [0.717, 1.165) is 4.90 Å². The number of anilines is 1. The summed E-state index contributed by atoms with van der Waals surface area (Å²) in [7, 11) is 0. The van der Waals surface area contributed by atoms with E-state index in [1.54, 1.807) is 38.3 Å². The Bertz CT molecular complexity index is 811. The lowest BCUT2D eigenvalue weighted by atomic mass is 10.1. The fraction of sp³-hybridized carbons (Fsp3) is 0.353. The summed E-state index contributed by atoms with van der Waals surface area (Å²) in [4.78, 5) is 40.0. The number of hydrogen-bond donors (Lipinski definition) is 2. The third kappa shape index (κ3) is 3.32. The van der Waals surface area contributed by atoms with Crippen molar-refractivity contribution in [3.8, 4) is 0 Å². The highest BCUT2D eigenvalue weighted by atomic mass is 32.2. The molecule has 2 aliphatic rings. The number of hydrogen-bond acceptors (Lipinski definition) is 5. The average molecular weight is 378 g/mol. The van der Waals surface area contributed by atoms with E-state index < -0.39 is 23.8 Å². The van der Waals surface area contributed by atoms with Crippen molar-refractivity contribution in [1.29, 1.82) is 0 Å². The zero-order chi connectivity index (χ0) is 19.0. The molecule has 1 unspecified atom stereocenters. The van der Waals surface area contributed by atoms with E-state index in [2.05, 4.69) is 10.0 Å². The van der Waals surface area contributed by atoms with Gasteiger partial charge >= 0.3 is 6.03 Å². The van der Waals surface area contributed by atoms with Gasteiger partial charge in [0, 0.05) is 17.1 Å². The highest BCUT2D eigenvalue weighted by molar-refractivity contribution is 8.00. The van der Waals surface area contributed by atoms with Crippen LogP contribution in [0.3, 0.4) is 0 Å². The molecule has 7 nitrogen and oxygen atoms in total. The summed E-state index contributed by atoms with van der Waals surface area (Å²) < 4.78 is 16.6. The van der Waals surface area contributed by atoms with Gasteiger partial charge in [0.15, 0.2) is 0 Å². The number of imide groups is 1. The van der Waals surface area contributed by atoms with E-state index in [9.17, 15) is 18.8 Å². The molecular weight excluding hydrogens is 359 g/mol. The van der Waals surface area contributed by atoms with Crippen LogP contribution < -0.4 is 10.0 Å². The van der Waals surface area contributed by atoms with Crippen LogP contribution in [-0.4, -0.2) is 46.3 Å². The van der Waals surface area contributed by atoms with Gasteiger partial charge in [-0.3, -0.25) is 19.4 Å². The number of aryl methyl sites for hydroxylation is 1. The van der Waals surface area contributed by atoms with Gasteiger partial charge in [0.2, 0.25) is 5.91 Å². The van der Waals surface area contributed by atoms with Crippen LogP contribution in [0.25, 0.3) is 0 Å². The second-order valence-electron chi connectivity index (χ2n) is 6.39. The molecule has 4 amide bonds. The first-order chi connectivity index (χ1) is 12.3. The number of rotatable bonds is 4. The Kier molecular flexibility index (Phi) is 5.01. The quantitative estimate of drug-likeness (QED) is 0.785. The van der Waals surface area contributed by atoms with Gasteiger partial charge < -0.3 is 5.32 Å². The molecule has 26 heavy (non-hydrogen) atoms. The Balaban J connectivity index is 1.78. The van der Waals surface area contributed by atoms with E-state index in [1.807, 2.05) is 0 Å². The van der Waals surface area contributed by atoms with Crippen LogP contribution in [0.4, 0.5) is 14.9 Å². The van der Waals surface area contributed by atoms with Gasteiger partial charge in [-0.1, -0.05) is 18.0 Å². The Morgan fingerprint density at radius 1 is 1.38 bits per heavy atom. The zero-order valence-electron chi connectivity index (χ0n) is 14.6. The lowest BCUT2D eigenvalue weighted by molar-refractivity contribution is -0.133. The Hall–Kier alpha value is -2.39. The molecular formula is C17H19FN4O3S. The SMILES string of the molecule is Cc1ccc(NC(=O)CN2C(=O)N(C(C)C)C(=O)C3NSC=C32)cc1F. The maximum Gasteiger partial charge on any atom is 0.331 e. The molecule has 2 heterocycles. The monoisotopic (exact) mass is 378 g/mol. The predicted molar refractivity (Wildman–Crippen MR) is 96.4 cm³/mol. The summed E-state index contributed by atoms with van der Waals surface area (Å²) in [6.45, 7) is 4.83. The summed E-state index contributed by atoms with van der Waals surface area (Å²) in [5.41, 5.74) is 1.23. The summed E-state index contributed by atoms with van der Waals surface area (Å²) in [6, 6.07) is 2.84. The van der Waals surface area contributed by atoms with Crippen LogP contribution in [-0.2, 0) is 9.59 Å². The van der Waals surface area contributed by atoms with Gasteiger partial charge in [0.1, 0.15) is 18.4 Å². The molecule has 2 aliphatic heterocycles. The average Bonchev–Trinajstić information content (AvgIpc) is 3.04. The van der Waals surface area contributed by atoms with E-state index in [1.165, 1.54) is 22.9 Å². The largest absolute Gasteiger partial charge is 0.331 e. The number of fused-ring (bicyclic) bond motifs is 1. The van der Waals surface area contributed by atoms with Gasteiger partial charge in [-0.25, -0.2) is 13.9 Å². The molecule has 1 aromatic rings. The van der Waals surface area contributed by atoms with Crippen molar-refractivity contribution in [3.63, 3.8) is 0 Å². The summed E-state index contributed by atoms with van der Waals surface area (Å²) in [5.74, 6) is -1.23. The number of benzene rings is 1. The maximum absolute atomic E-state index is 13.6. The first-order valence-electron chi connectivity index (χ1n) is 8.11. The number of halogens is 1. The van der Waals surface area contributed by atoms with Crippen LogP contribution in [0.5, 0.6) is 0 Å². The van der Waals surface area contributed by atoms with Crippen molar-refractivity contribution >= 4 is 35.5 Å². The minimum atomic E-state index is -0.662. The lowest BCUT2D eigenvalue weighted by Gasteiger charge is -2.39. The third-order valence-corrected chi connectivity index (χ3v) is 4.90. The smallest absolute Gasteiger partial charge is 0.324 e. The minimum absolute atomic E-state index is 0.268.